The first kappa shape index (κ1) is 13.4. The van der Waals surface area contributed by atoms with E-state index in [1.807, 2.05) is 6.92 Å². The van der Waals surface area contributed by atoms with Crippen LogP contribution in [0.3, 0.4) is 0 Å². The third kappa shape index (κ3) is 3.42. The third-order valence-corrected chi connectivity index (χ3v) is 4.17. The Morgan fingerprint density at radius 2 is 1.88 bits per heavy atom. The minimum atomic E-state index is -0.810. The highest BCUT2D eigenvalue weighted by atomic mass is 32.2. The number of benzene rings is 1. The molecule has 0 amide bonds. The Bertz CT molecular complexity index is 347. The van der Waals surface area contributed by atoms with E-state index in [4.69, 9.17) is 0 Å². The quantitative estimate of drug-likeness (QED) is 0.855. The fraction of sp³-hybridized carbons (Fsp3) is 0.538. The molecule has 0 aliphatic carbocycles. The molecular weight excluding hydrogens is 218 g/mol. The summed E-state index contributed by atoms with van der Waals surface area (Å²) in [7, 11) is -0.810. The molecule has 0 saturated carbocycles. The SMILES string of the molecule is CCNC(c1ccc(C)cc1)C(C)S(C)=O. The van der Waals surface area contributed by atoms with Gasteiger partial charge in [0.2, 0.25) is 0 Å². The number of aryl methyl sites for hydroxylation is 1. The van der Waals surface area contributed by atoms with Crippen LogP contribution in [0, 0.1) is 6.92 Å². The molecule has 0 spiro atoms. The summed E-state index contributed by atoms with van der Waals surface area (Å²) >= 11 is 0. The van der Waals surface area contributed by atoms with Gasteiger partial charge < -0.3 is 5.32 Å². The lowest BCUT2D eigenvalue weighted by Crippen LogP contribution is -2.32. The average Bonchev–Trinajstić information content (AvgIpc) is 2.26. The molecule has 0 fully saturated rings. The first-order chi connectivity index (χ1) is 7.56. The van der Waals surface area contributed by atoms with Crippen molar-refractivity contribution in [2.75, 3.05) is 12.8 Å². The number of hydrogen-bond acceptors (Lipinski definition) is 2. The molecule has 0 heterocycles. The monoisotopic (exact) mass is 239 g/mol. The fourth-order valence-corrected chi connectivity index (χ4v) is 2.38. The van der Waals surface area contributed by atoms with E-state index in [0.29, 0.717) is 0 Å². The number of nitrogens with one attached hydrogen (secondary N) is 1. The largest absolute Gasteiger partial charge is 0.309 e. The molecular formula is C13H21NOS. The highest BCUT2D eigenvalue weighted by Crippen LogP contribution is 2.20. The molecule has 0 aliphatic heterocycles. The molecule has 0 aliphatic rings. The molecule has 1 aromatic carbocycles. The van der Waals surface area contributed by atoms with Gasteiger partial charge >= 0.3 is 0 Å². The molecule has 16 heavy (non-hydrogen) atoms. The third-order valence-electron chi connectivity index (χ3n) is 2.85. The molecule has 0 aromatic heterocycles. The van der Waals surface area contributed by atoms with E-state index >= 15 is 0 Å². The summed E-state index contributed by atoms with van der Waals surface area (Å²) in [5.74, 6) is 0. The molecule has 3 unspecified atom stereocenters. The maximum atomic E-state index is 11.6. The molecule has 1 N–H and O–H groups in total. The standard InChI is InChI=1S/C13H21NOS/c1-5-14-13(11(3)16(4)15)12-8-6-10(2)7-9-12/h6-9,11,13-14H,5H2,1-4H3. The van der Waals surface area contributed by atoms with Gasteiger partial charge in [0.15, 0.2) is 0 Å². The summed E-state index contributed by atoms with van der Waals surface area (Å²) in [6.45, 7) is 7.07. The van der Waals surface area contributed by atoms with Crippen molar-refractivity contribution in [3.05, 3.63) is 35.4 Å². The van der Waals surface area contributed by atoms with Gasteiger partial charge in [-0.15, -0.1) is 0 Å². The summed E-state index contributed by atoms with van der Waals surface area (Å²) in [5, 5.41) is 3.53. The van der Waals surface area contributed by atoms with E-state index in [0.717, 1.165) is 6.54 Å². The zero-order valence-corrected chi connectivity index (χ0v) is 11.3. The Kier molecular flexibility index (Phi) is 5.16. The van der Waals surface area contributed by atoms with Gasteiger partial charge in [-0.3, -0.25) is 4.21 Å². The van der Waals surface area contributed by atoms with Crippen LogP contribution in [0.1, 0.15) is 31.0 Å². The second-order valence-corrected chi connectivity index (χ2v) is 5.89. The lowest BCUT2D eigenvalue weighted by atomic mass is 10.0. The van der Waals surface area contributed by atoms with E-state index in [1.165, 1.54) is 11.1 Å². The van der Waals surface area contributed by atoms with Gasteiger partial charge in [-0.05, 0) is 26.0 Å². The first-order valence-corrected chi connectivity index (χ1v) is 7.30. The molecule has 0 radical (unpaired) electrons. The highest BCUT2D eigenvalue weighted by Gasteiger charge is 2.20. The number of rotatable bonds is 5. The van der Waals surface area contributed by atoms with E-state index in [1.54, 1.807) is 6.26 Å². The van der Waals surface area contributed by atoms with Crippen LogP contribution in [0.4, 0.5) is 0 Å². The second kappa shape index (κ2) is 6.16. The summed E-state index contributed by atoms with van der Waals surface area (Å²) in [4.78, 5) is 0. The molecule has 0 bridgehead atoms. The highest BCUT2D eigenvalue weighted by molar-refractivity contribution is 7.84. The van der Waals surface area contributed by atoms with Crippen LogP contribution in [0.2, 0.25) is 0 Å². The van der Waals surface area contributed by atoms with Crippen molar-refractivity contribution in [1.29, 1.82) is 0 Å². The van der Waals surface area contributed by atoms with Crippen LogP contribution in [-0.4, -0.2) is 22.3 Å². The minimum absolute atomic E-state index is 0.127. The van der Waals surface area contributed by atoms with Crippen molar-refractivity contribution in [1.82, 2.24) is 5.32 Å². The molecule has 3 atom stereocenters. The predicted molar refractivity (Wildman–Crippen MR) is 71.1 cm³/mol. The summed E-state index contributed by atoms with van der Waals surface area (Å²) in [5.41, 5.74) is 2.47. The summed E-state index contributed by atoms with van der Waals surface area (Å²) in [6, 6.07) is 8.62. The van der Waals surface area contributed by atoms with Gasteiger partial charge in [-0.2, -0.15) is 0 Å². The van der Waals surface area contributed by atoms with Crippen molar-refractivity contribution in [3.63, 3.8) is 0 Å². The molecule has 90 valence electrons. The van der Waals surface area contributed by atoms with Crippen LogP contribution in [-0.2, 0) is 10.8 Å². The van der Waals surface area contributed by atoms with E-state index in [-0.39, 0.29) is 11.3 Å². The molecule has 0 saturated heterocycles. The maximum Gasteiger partial charge on any atom is 0.0511 e. The van der Waals surface area contributed by atoms with Gasteiger partial charge in [0, 0.05) is 23.1 Å². The van der Waals surface area contributed by atoms with E-state index < -0.39 is 10.8 Å². The van der Waals surface area contributed by atoms with Gasteiger partial charge in [-0.25, -0.2) is 0 Å². The van der Waals surface area contributed by atoms with Crippen molar-refractivity contribution >= 4 is 10.8 Å². The molecule has 3 heteroatoms. The second-order valence-electron chi connectivity index (χ2n) is 4.15. The Labute approximate surface area is 101 Å². The lowest BCUT2D eigenvalue weighted by Gasteiger charge is -2.23. The van der Waals surface area contributed by atoms with Crippen LogP contribution < -0.4 is 5.32 Å². The minimum Gasteiger partial charge on any atom is -0.309 e. The number of hydrogen-bond donors (Lipinski definition) is 1. The predicted octanol–water partition coefficient (Wildman–Crippen LogP) is 2.41. The van der Waals surface area contributed by atoms with Gasteiger partial charge in [0.1, 0.15) is 0 Å². The molecule has 2 nitrogen and oxygen atoms in total. The lowest BCUT2D eigenvalue weighted by molar-refractivity contribution is 0.537. The topological polar surface area (TPSA) is 29.1 Å². The van der Waals surface area contributed by atoms with Crippen molar-refractivity contribution in [2.45, 2.75) is 32.1 Å². The molecule has 1 aromatic rings. The first-order valence-electron chi connectivity index (χ1n) is 5.68. The summed E-state index contributed by atoms with van der Waals surface area (Å²) in [6.07, 6.45) is 1.77. The van der Waals surface area contributed by atoms with Gasteiger partial charge in [0.25, 0.3) is 0 Å². The van der Waals surface area contributed by atoms with Gasteiger partial charge in [0.05, 0.1) is 5.25 Å². The van der Waals surface area contributed by atoms with E-state index in [2.05, 4.69) is 43.4 Å². The van der Waals surface area contributed by atoms with Crippen molar-refractivity contribution in [3.8, 4) is 0 Å². The average molecular weight is 239 g/mol. The van der Waals surface area contributed by atoms with Crippen LogP contribution in [0.5, 0.6) is 0 Å². The maximum absolute atomic E-state index is 11.6. The Morgan fingerprint density at radius 1 is 1.31 bits per heavy atom. The van der Waals surface area contributed by atoms with Crippen LogP contribution in [0.25, 0.3) is 0 Å². The molecule has 1 rings (SSSR count). The van der Waals surface area contributed by atoms with Crippen molar-refractivity contribution < 1.29 is 4.21 Å². The van der Waals surface area contributed by atoms with Crippen LogP contribution in [0.15, 0.2) is 24.3 Å². The smallest absolute Gasteiger partial charge is 0.0511 e. The van der Waals surface area contributed by atoms with Crippen LogP contribution >= 0.6 is 0 Å². The fourth-order valence-electron chi connectivity index (χ4n) is 1.74. The Balaban J connectivity index is 2.92. The Morgan fingerprint density at radius 3 is 2.31 bits per heavy atom. The van der Waals surface area contributed by atoms with Crippen molar-refractivity contribution in [2.24, 2.45) is 0 Å². The zero-order valence-electron chi connectivity index (χ0n) is 10.5. The summed E-state index contributed by atoms with van der Waals surface area (Å²) < 4.78 is 11.6. The normalized spacial score (nSPS) is 16.8. The van der Waals surface area contributed by atoms with Gasteiger partial charge in [-0.1, -0.05) is 36.8 Å². The van der Waals surface area contributed by atoms with E-state index in [9.17, 15) is 4.21 Å². The Hall–Kier alpha value is -0.670. The zero-order chi connectivity index (χ0) is 12.1.